The summed E-state index contributed by atoms with van der Waals surface area (Å²) in [6.07, 6.45) is 0. The minimum Gasteiger partial charge on any atom is -0.398 e. The monoisotopic (exact) mass is 308 g/mol. The fourth-order valence-corrected chi connectivity index (χ4v) is 3.33. The Bertz CT molecular complexity index is 781. The van der Waals surface area contributed by atoms with Crippen molar-refractivity contribution in [3.8, 4) is 0 Å². The van der Waals surface area contributed by atoms with Crippen LogP contribution in [0.2, 0.25) is 0 Å². The summed E-state index contributed by atoms with van der Waals surface area (Å²) in [4.78, 5) is -0.0479. The van der Waals surface area contributed by atoms with Gasteiger partial charge in [-0.2, -0.15) is 0 Å². The minimum atomic E-state index is -3.94. The number of hydrogen-bond donors (Lipinski definition) is 2. The van der Waals surface area contributed by atoms with Crippen LogP contribution in [0.3, 0.4) is 0 Å². The van der Waals surface area contributed by atoms with Crippen LogP contribution in [0, 0.1) is 26.6 Å². The van der Waals surface area contributed by atoms with Gasteiger partial charge in [-0.1, -0.05) is 12.1 Å². The van der Waals surface area contributed by atoms with Crippen molar-refractivity contribution >= 4 is 21.4 Å². The largest absolute Gasteiger partial charge is 0.398 e. The lowest BCUT2D eigenvalue weighted by molar-refractivity contribution is 0.598. The Morgan fingerprint density at radius 2 is 1.67 bits per heavy atom. The van der Waals surface area contributed by atoms with E-state index in [2.05, 4.69) is 4.72 Å². The SMILES string of the molecule is Cc1cc(N)c(S(=O)(=O)Nc2c(C)cccc2F)cc1C. The molecule has 0 saturated carbocycles. The van der Waals surface area contributed by atoms with Crippen molar-refractivity contribution in [3.63, 3.8) is 0 Å². The van der Waals surface area contributed by atoms with Crippen LogP contribution in [0.5, 0.6) is 0 Å². The highest BCUT2D eigenvalue weighted by Gasteiger charge is 2.21. The first-order valence-electron chi connectivity index (χ1n) is 6.37. The second kappa shape index (κ2) is 5.37. The van der Waals surface area contributed by atoms with Crippen molar-refractivity contribution < 1.29 is 12.8 Å². The van der Waals surface area contributed by atoms with E-state index in [9.17, 15) is 12.8 Å². The predicted molar refractivity (Wildman–Crippen MR) is 82.3 cm³/mol. The number of hydrogen-bond acceptors (Lipinski definition) is 3. The third kappa shape index (κ3) is 3.00. The van der Waals surface area contributed by atoms with Gasteiger partial charge in [-0.15, -0.1) is 0 Å². The lowest BCUT2D eigenvalue weighted by atomic mass is 10.1. The number of halogens is 1. The fourth-order valence-electron chi connectivity index (χ4n) is 2.00. The maximum absolute atomic E-state index is 13.8. The van der Waals surface area contributed by atoms with E-state index < -0.39 is 15.8 Å². The predicted octanol–water partition coefficient (Wildman–Crippen LogP) is 3.13. The van der Waals surface area contributed by atoms with Gasteiger partial charge in [0.1, 0.15) is 10.7 Å². The third-order valence-electron chi connectivity index (χ3n) is 3.37. The quantitative estimate of drug-likeness (QED) is 0.856. The van der Waals surface area contributed by atoms with E-state index in [-0.39, 0.29) is 16.3 Å². The summed E-state index contributed by atoms with van der Waals surface area (Å²) >= 11 is 0. The molecule has 0 unspecified atom stereocenters. The van der Waals surface area contributed by atoms with Crippen molar-refractivity contribution in [2.45, 2.75) is 25.7 Å². The fraction of sp³-hybridized carbons (Fsp3) is 0.200. The van der Waals surface area contributed by atoms with Crippen LogP contribution in [-0.2, 0) is 10.0 Å². The van der Waals surface area contributed by atoms with E-state index in [4.69, 9.17) is 5.73 Å². The average Bonchev–Trinajstić information content (AvgIpc) is 2.38. The standard InChI is InChI=1S/C15H17FN2O2S/c1-9-5-4-6-12(16)15(9)18-21(19,20)14-8-11(3)10(2)7-13(14)17/h4-8,18H,17H2,1-3H3. The molecule has 0 aromatic heterocycles. The maximum Gasteiger partial charge on any atom is 0.264 e. The van der Waals surface area contributed by atoms with Gasteiger partial charge in [0.25, 0.3) is 10.0 Å². The molecule has 3 N–H and O–H groups in total. The molecule has 0 aliphatic rings. The Kier molecular flexibility index (Phi) is 3.91. The molecule has 0 spiro atoms. The molecule has 0 fully saturated rings. The van der Waals surface area contributed by atoms with E-state index >= 15 is 0 Å². The number of para-hydroxylation sites is 1. The normalized spacial score (nSPS) is 11.4. The molecule has 6 heteroatoms. The van der Waals surface area contributed by atoms with Crippen molar-refractivity contribution in [2.24, 2.45) is 0 Å². The Labute approximate surface area is 123 Å². The molecular weight excluding hydrogens is 291 g/mol. The first kappa shape index (κ1) is 15.3. The smallest absolute Gasteiger partial charge is 0.264 e. The first-order chi connectivity index (χ1) is 9.72. The number of aryl methyl sites for hydroxylation is 3. The Hall–Kier alpha value is -2.08. The maximum atomic E-state index is 13.8. The van der Waals surface area contributed by atoms with Gasteiger partial charge < -0.3 is 5.73 Å². The van der Waals surface area contributed by atoms with Crippen LogP contribution in [0.1, 0.15) is 16.7 Å². The van der Waals surface area contributed by atoms with Gasteiger partial charge in [-0.25, -0.2) is 12.8 Å². The molecule has 0 saturated heterocycles. The number of anilines is 2. The molecule has 0 bridgehead atoms. The summed E-state index contributed by atoms with van der Waals surface area (Å²) < 4.78 is 40.9. The number of benzene rings is 2. The summed E-state index contributed by atoms with van der Waals surface area (Å²) in [5.41, 5.74) is 8.07. The van der Waals surface area contributed by atoms with E-state index in [0.29, 0.717) is 5.56 Å². The average molecular weight is 308 g/mol. The lowest BCUT2D eigenvalue weighted by Crippen LogP contribution is -2.17. The van der Waals surface area contributed by atoms with Crippen LogP contribution in [0.15, 0.2) is 35.2 Å². The second-order valence-corrected chi connectivity index (χ2v) is 6.66. The van der Waals surface area contributed by atoms with Crippen LogP contribution >= 0.6 is 0 Å². The van der Waals surface area contributed by atoms with Crippen LogP contribution in [0.4, 0.5) is 15.8 Å². The zero-order valence-corrected chi connectivity index (χ0v) is 12.9. The van der Waals surface area contributed by atoms with Crippen molar-refractivity contribution in [2.75, 3.05) is 10.5 Å². The number of nitrogen functional groups attached to an aromatic ring is 1. The summed E-state index contributed by atoms with van der Waals surface area (Å²) in [6, 6.07) is 7.44. The van der Waals surface area contributed by atoms with Gasteiger partial charge in [0, 0.05) is 0 Å². The third-order valence-corrected chi connectivity index (χ3v) is 4.78. The number of nitrogens with two attached hydrogens (primary N) is 1. The second-order valence-electron chi connectivity index (χ2n) is 5.01. The highest BCUT2D eigenvalue weighted by molar-refractivity contribution is 7.92. The molecule has 0 aliphatic carbocycles. The molecule has 4 nitrogen and oxygen atoms in total. The lowest BCUT2D eigenvalue weighted by Gasteiger charge is -2.14. The van der Waals surface area contributed by atoms with Crippen LogP contribution in [0.25, 0.3) is 0 Å². The van der Waals surface area contributed by atoms with Crippen LogP contribution < -0.4 is 10.5 Å². The van der Waals surface area contributed by atoms with Gasteiger partial charge >= 0.3 is 0 Å². The summed E-state index contributed by atoms with van der Waals surface area (Å²) in [6.45, 7) is 5.27. The molecular formula is C15H17FN2O2S. The molecule has 21 heavy (non-hydrogen) atoms. The summed E-state index contributed by atoms with van der Waals surface area (Å²) in [5, 5.41) is 0. The van der Waals surface area contributed by atoms with E-state index in [0.717, 1.165) is 11.1 Å². The topological polar surface area (TPSA) is 72.2 Å². The first-order valence-corrected chi connectivity index (χ1v) is 7.85. The van der Waals surface area contributed by atoms with Gasteiger partial charge in [-0.05, 0) is 55.7 Å². The zero-order valence-electron chi connectivity index (χ0n) is 12.1. The minimum absolute atomic E-state index is 0.0479. The molecule has 2 aromatic carbocycles. The zero-order chi connectivity index (χ0) is 15.8. The number of sulfonamides is 1. The Morgan fingerprint density at radius 3 is 2.29 bits per heavy atom. The summed E-state index contributed by atoms with van der Waals surface area (Å²) in [5.74, 6) is -0.624. The highest BCUT2D eigenvalue weighted by atomic mass is 32.2. The molecule has 2 aromatic rings. The van der Waals surface area contributed by atoms with Gasteiger partial charge in [0.2, 0.25) is 0 Å². The number of nitrogens with one attached hydrogen (secondary N) is 1. The Balaban J connectivity index is 2.51. The van der Waals surface area contributed by atoms with E-state index in [1.807, 2.05) is 6.92 Å². The molecule has 2 rings (SSSR count). The molecule has 0 heterocycles. The number of rotatable bonds is 3. The van der Waals surface area contributed by atoms with Crippen molar-refractivity contribution in [1.29, 1.82) is 0 Å². The molecule has 0 atom stereocenters. The van der Waals surface area contributed by atoms with Gasteiger partial charge in [0.05, 0.1) is 11.4 Å². The highest BCUT2D eigenvalue weighted by Crippen LogP contribution is 2.27. The van der Waals surface area contributed by atoms with Crippen molar-refractivity contribution in [1.82, 2.24) is 0 Å². The van der Waals surface area contributed by atoms with Gasteiger partial charge in [0.15, 0.2) is 0 Å². The molecule has 0 aliphatic heterocycles. The summed E-state index contributed by atoms with van der Waals surface area (Å²) in [7, 11) is -3.94. The van der Waals surface area contributed by atoms with E-state index in [1.54, 1.807) is 26.0 Å². The Morgan fingerprint density at radius 1 is 1.05 bits per heavy atom. The van der Waals surface area contributed by atoms with E-state index in [1.165, 1.54) is 18.2 Å². The van der Waals surface area contributed by atoms with Crippen LogP contribution in [-0.4, -0.2) is 8.42 Å². The molecule has 0 amide bonds. The molecule has 112 valence electrons. The van der Waals surface area contributed by atoms with Gasteiger partial charge in [-0.3, -0.25) is 4.72 Å². The van der Waals surface area contributed by atoms with Crippen molar-refractivity contribution in [3.05, 3.63) is 52.8 Å². The molecule has 0 radical (unpaired) electrons.